The van der Waals surface area contributed by atoms with Crippen LogP contribution < -0.4 is 10.1 Å². The topological polar surface area (TPSA) is 71.5 Å². The fourth-order valence-electron chi connectivity index (χ4n) is 3.85. The number of ether oxygens (including phenoxy) is 1. The zero-order chi connectivity index (χ0) is 18.7. The second-order valence-electron chi connectivity index (χ2n) is 7.37. The number of carbonyl (C=O) groups excluding carboxylic acids is 2. The summed E-state index contributed by atoms with van der Waals surface area (Å²) in [4.78, 5) is 30.8. The van der Waals surface area contributed by atoms with E-state index < -0.39 is 0 Å². The molecule has 2 atom stereocenters. The quantitative estimate of drug-likeness (QED) is 0.850. The van der Waals surface area contributed by atoms with E-state index in [-0.39, 0.29) is 29.8 Å². The lowest BCUT2D eigenvalue weighted by Crippen LogP contribution is -2.34. The number of amides is 2. The number of nitrogens with zero attached hydrogens (tertiary/aromatic N) is 2. The fraction of sp³-hybridized carbons (Fsp3) is 0.381. The summed E-state index contributed by atoms with van der Waals surface area (Å²) >= 11 is 0. The number of pyridine rings is 1. The normalized spacial score (nSPS) is 23.3. The van der Waals surface area contributed by atoms with Crippen LogP contribution in [0.5, 0.6) is 5.75 Å². The molecule has 1 aromatic carbocycles. The van der Waals surface area contributed by atoms with Crippen LogP contribution in [0.2, 0.25) is 0 Å². The van der Waals surface area contributed by atoms with Crippen LogP contribution in [-0.2, 0) is 16.1 Å². The van der Waals surface area contributed by atoms with Crippen LogP contribution in [0.25, 0.3) is 0 Å². The van der Waals surface area contributed by atoms with Crippen molar-refractivity contribution in [1.82, 2.24) is 15.2 Å². The van der Waals surface area contributed by atoms with Crippen molar-refractivity contribution in [3.05, 3.63) is 60.4 Å². The van der Waals surface area contributed by atoms with Gasteiger partial charge in [0, 0.05) is 43.4 Å². The standard InChI is InChI=1S/C21H23N3O3/c25-19(14-27-17-6-2-1-3-7-17)24-10-8-21(15-24)11-18(21)20(26)23-13-16-5-4-9-22-12-16/h1-7,9,12,18H,8,10-11,13-15H2,(H,23,26)/t18-,21-/m1/s1. The Labute approximate surface area is 158 Å². The Balaban J connectivity index is 1.24. The first kappa shape index (κ1) is 17.5. The maximum Gasteiger partial charge on any atom is 0.260 e. The second-order valence-corrected chi connectivity index (χ2v) is 7.37. The maximum atomic E-state index is 12.5. The van der Waals surface area contributed by atoms with E-state index in [0.29, 0.717) is 25.4 Å². The minimum absolute atomic E-state index is 0.00186. The summed E-state index contributed by atoms with van der Waals surface area (Å²) in [5, 5.41) is 3.00. The molecule has 4 rings (SSSR count). The Kier molecular flexibility index (Phi) is 4.79. The third-order valence-corrected chi connectivity index (χ3v) is 5.54. The molecule has 1 aliphatic heterocycles. The van der Waals surface area contributed by atoms with E-state index in [4.69, 9.17) is 4.74 Å². The first-order valence-electron chi connectivity index (χ1n) is 9.29. The third kappa shape index (κ3) is 3.94. The molecule has 2 fully saturated rings. The highest BCUT2D eigenvalue weighted by Crippen LogP contribution is 2.58. The number of hydrogen-bond acceptors (Lipinski definition) is 4. The van der Waals surface area contributed by atoms with Crippen LogP contribution in [0, 0.1) is 11.3 Å². The van der Waals surface area contributed by atoms with Gasteiger partial charge in [-0.2, -0.15) is 0 Å². The Morgan fingerprint density at radius 2 is 2.07 bits per heavy atom. The van der Waals surface area contributed by atoms with Crippen molar-refractivity contribution >= 4 is 11.8 Å². The molecule has 2 aliphatic rings. The highest BCUT2D eigenvalue weighted by atomic mass is 16.5. The Morgan fingerprint density at radius 3 is 2.85 bits per heavy atom. The smallest absolute Gasteiger partial charge is 0.260 e. The van der Waals surface area contributed by atoms with Gasteiger partial charge in [0.25, 0.3) is 5.91 Å². The van der Waals surface area contributed by atoms with E-state index in [9.17, 15) is 9.59 Å². The largest absolute Gasteiger partial charge is 0.484 e. The molecule has 1 N–H and O–H groups in total. The highest BCUT2D eigenvalue weighted by molar-refractivity contribution is 5.83. The van der Waals surface area contributed by atoms with Crippen molar-refractivity contribution in [1.29, 1.82) is 0 Å². The molecule has 1 saturated heterocycles. The number of likely N-dealkylation sites (tertiary alicyclic amines) is 1. The van der Waals surface area contributed by atoms with Gasteiger partial charge in [-0.15, -0.1) is 0 Å². The minimum Gasteiger partial charge on any atom is -0.484 e. The van der Waals surface area contributed by atoms with E-state index in [1.165, 1.54) is 0 Å². The van der Waals surface area contributed by atoms with E-state index in [1.54, 1.807) is 12.4 Å². The van der Waals surface area contributed by atoms with Crippen LogP contribution in [0.15, 0.2) is 54.9 Å². The Morgan fingerprint density at radius 1 is 1.22 bits per heavy atom. The van der Waals surface area contributed by atoms with Gasteiger partial charge in [0.05, 0.1) is 0 Å². The van der Waals surface area contributed by atoms with Gasteiger partial charge in [-0.1, -0.05) is 24.3 Å². The zero-order valence-electron chi connectivity index (χ0n) is 15.1. The molecule has 0 radical (unpaired) electrons. The summed E-state index contributed by atoms with van der Waals surface area (Å²) in [6, 6.07) is 13.1. The van der Waals surface area contributed by atoms with E-state index in [2.05, 4.69) is 10.3 Å². The Hall–Kier alpha value is -2.89. The first-order valence-corrected chi connectivity index (χ1v) is 9.29. The third-order valence-electron chi connectivity index (χ3n) is 5.54. The molecule has 1 spiro atoms. The monoisotopic (exact) mass is 365 g/mol. The van der Waals surface area contributed by atoms with Crippen molar-refractivity contribution in [3.8, 4) is 5.75 Å². The molecular formula is C21H23N3O3. The van der Waals surface area contributed by atoms with Crippen molar-refractivity contribution in [2.24, 2.45) is 11.3 Å². The summed E-state index contributed by atoms with van der Waals surface area (Å²) in [6.45, 7) is 1.88. The average Bonchev–Trinajstić information content (AvgIpc) is 3.25. The summed E-state index contributed by atoms with van der Waals surface area (Å²) in [6.07, 6.45) is 5.21. The molecule has 0 unspecified atom stereocenters. The van der Waals surface area contributed by atoms with Crippen molar-refractivity contribution in [2.45, 2.75) is 19.4 Å². The number of rotatable bonds is 6. The molecule has 6 heteroatoms. The molecular weight excluding hydrogens is 342 g/mol. The van der Waals surface area contributed by atoms with Gasteiger partial charge in [-0.05, 0) is 36.6 Å². The van der Waals surface area contributed by atoms with Crippen LogP contribution in [0.1, 0.15) is 18.4 Å². The number of nitrogens with one attached hydrogen (secondary N) is 1. The van der Waals surface area contributed by atoms with Crippen LogP contribution in [0.4, 0.5) is 0 Å². The van der Waals surface area contributed by atoms with Crippen molar-refractivity contribution in [2.75, 3.05) is 19.7 Å². The zero-order valence-corrected chi connectivity index (χ0v) is 15.1. The van der Waals surface area contributed by atoms with Crippen LogP contribution in [0.3, 0.4) is 0 Å². The predicted octanol–water partition coefficient (Wildman–Crippen LogP) is 2.02. The molecule has 1 aliphatic carbocycles. The summed E-state index contributed by atoms with van der Waals surface area (Å²) < 4.78 is 5.55. The molecule has 6 nitrogen and oxygen atoms in total. The van der Waals surface area contributed by atoms with Gasteiger partial charge < -0.3 is 15.0 Å². The molecule has 2 heterocycles. The molecule has 1 aromatic heterocycles. The maximum absolute atomic E-state index is 12.5. The average molecular weight is 365 g/mol. The van der Waals surface area contributed by atoms with Gasteiger partial charge in [-0.3, -0.25) is 14.6 Å². The Bertz CT molecular complexity index is 756. The number of benzene rings is 1. The fourth-order valence-corrected chi connectivity index (χ4v) is 3.85. The molecule has 1 saturated carbocycles. The van der Waals surface area contributed by atoms with E-state index >= 15 is 0 Å². The van der Waals surface area contributed by atoms with Gasteiger partial charge in [0.1, 0.15) is 5.75 Å². The van der Waals surface area contributed by atoms with Crippen LogP contribution >= 0.6 is 0 Å². The van der Waals surface area contributed by atoms with Gasteiger partial charge >= 0.3 is 0 Å². The molecule has 2 amide bonds. The van der Waals surface area contributed by atoms with Gasteiger partial charge in [0.2, 0.25) is 5.91 Å². The number of para-hydroxylation sites is 1. The van der Waals surface area contributed by atoms with Gasteiger partial charge in [-0.25, -0.2) is 0 Å². The van der Waals surface area contributed by atoms with E-state index in [0.717, 1.165) is 18.4 Å². The second kappa shape index (κ2) is 7.39. The lowest BCUT2D eigenvalue weighted by atomic mass is 10.0. The van der Waals surface area contributed by atoms with Crippen molar-refractivity contribution < 1.29 is 14.3 Å². The van der Waals surface area contributed by atoms with Crippen LogP contribution in [-0.4, -0.2) is 41.4 Å². The van der Waals surface area contributed by atoms with Gasteiger partial charge in [0.15, 0.2) is 6.61 Å². The molecule has 0 bridgehead atoms. The SMILES string of the molecule is O=C(NCc1cccnc1)[C@H]1C[C@@]12CCN(C(=O)COc1ccccc1)C2. The number of aromatic nitrogens is 1. The number of carbonyl (C=O) groups is 2. The molecule has 2 aromatic rings. The first-order chi connectivity index (χ1) is 13.2. The summed E-state index contributed by atoms with van der Waals surface area (Å²) in [5.41, 5.74) is 0.948. The summed E-state index contributed by atoms with van der Waals surface area (Å²) in [7, 11) is 0. The van der Waals surface area contributed by atoms with E-state index in [1.807, 2.05) is 47.4 Å². The van der Waals surface area contributed by atoms with Crippen molar-refractivity contribution in [3.63, 3.8) is 0 Å². The lowest BCUT2D eigenvalue weighted by Gasteiger charge is -2.17. The molecule has 140 valence electrons. The minimum atomic E-state index is -0.0402. The highest BCUT2D eigenvalue weighted by Gasteiger charge is 2.61. The number of hydrogen-bond donors (Lipinski definition) is 1. The summed E-state index contributed by atoms with van der Waals surface area (Å²) in [5.74, 6) is 0.756. The molecule has 27 heavy (non-hydrogen) atoms. The lowest BCUT2D eigenvalue weighted by molar-refractivity contribution is -0.132. The predicted molar refractivity (Wildman–Crippen MR) is 99.8 cm³/mol.